The van der Waals surface area contributed by atoms with Crippen LogP contribution < -0.4 is 5.32 Å². The molecular formula is C22H36N2O4. The van der Waals surface area contributed by atoms with Gasteiger partial charge in [-0.1, -0.05) is 19.9 Å². The molecule has 6 heteroatoms. The predicted molar refractivity (Wildman–Crippen MR) is 106 cm³/mol. The highest BCUT2D eigenvalue weighted by atomic mass is 16.7. The number of hydrogen-bond donors (Lipinski definition) is 3. The van der Waals surface area contributed by atoms with Crippen molar-refractivity contribution in [1.29, 1.82) is 0 Å². The van der Waals surface area contributed by atoms with Crippen LogP contribution in [0.1, 0.15) is 58.8 Å². The fourth-order valence-corrected chi connectivity index (χ4v) is 8.03. The van der Waals surface area contributed by atoms with Gasteiger partial charge in [-0.2, -0.15) is 0 Å². The van der Waals surface area contributed by atoms with Crippen LogP contribution in [-0.2, 0) is 4.84 Å². The van der Waals surface area contributed by atoms with Gasteiger partial charge in [-0.05, 0) is 74.2 Å². The maximum atomic E-state index is 12.6. The summed E-state index contributed by atoms with van der Waals surface area (Å²) in [5, 5.41) is 26.9. The molecule has 6 nitrogen and oxygen atoms in total. The van der Waals surface area contributed by atoms with E-state index in [1.54, 1.807) is 7.05 Å². The second-order valence-corrected chi connectivity index (χ2v) is 10.4. The first-order valence-corrected chi connectivity index (χ1v) is 10.7. The number of nitrogens with zero attached hydrogens (tertiary/aromatic N) is 1. The van der Waals surface area contributed by atoms with E-state index in [0.717, 1.165) is 44.1 Å². The van der Waals surface area contributed by atoms with Crippen LogP contribution in [-0.4, -0.2) is 53.2 Å². The van der Waals surface area contributed by atoms with Crippen molar-refractivity contribution in [2.75, 3.05) is 14.2 Å². The monoisotopic (exact) mass is 392 g/mol. The lowest BCUT2D eigenvalue weighted by Gasteiger charge is -2.65. The molecule has 2 bridgehead atoms. The predicted octanol–water partition coefficient (Wildman–Crippen LogP) is 2.85. The highest BCUT2D eigenvalue weighted by Crippen LogP contribution is 2.70. The first kappa shape index (κ1) is 20.2. The number of hydroxylamine groups is 2. The van der Waals surface area contributed by atoms with E-state index in [1.165, 1.54) is 12.2 Å². The number of aliphatic hydroxyl groups excluding tert-OH is 2. The van der Waals surface area contributed by atoms with Crippen molar-refractivity contribution in [3.63, 3.8) is 0 Å². The quantitative estimate of drug-likeness (QED) is 0.499. The Hall–Kier alpha value is -1.11. The Balaban J connectivity index is 1.69. The van der Waals surface area contributed by atoms with Crippen molar-refractivity contribution >= 4 is 6.03 Å². The van der Waals surface area contributed by atoms with Crippen LogP contribution in [0.2, 0.25) is 0 Å². The average molecular weight is 393 g/mol. The SMILES string of the molecule is C=C1[C@@H]2C[C@H](O)[C@H]3[C@]4(C)CCC[C@@](C)(NC(=O)N(C)OC)[C@H]4CC[C@]3(C2)[C@@H]1O. The Kier molecular flexibility index (Phi) is 4.64. The first-order valence-electron chi connectivity index (χ1n) is 10.7. The van der Waals surface area contributed by atoms with Gasteiger partial charge in [-0.3, -0.25) is 4.84 Å². The molecule has 28 heavy (non-hydrogen) atoms. The lowest BCUT2D eigenvalue weighted by Crippen LogP contribution is -2.67. The van der Waals surface area contributed by atoms with Crippen molar-refractivity contribution in [3.05, 3.63) is 12.2 Å². The summed E-state index contributed by atoms with van der Waals surface area (Å²) in [5.74, 6) is 0.540. The van der Waals surface area contributed by atoms with Gasteiger partial charge in [-0.15, -0.1) is 0 Å². The molecule has 4 aliphatic carbocycles. The number of nitrogens with one attached hydrogen (secondary N) is 1. The second-order valence-electron chi connectivity index (χ2n) is 10.4. The van der Waals surface area contributed by atoms with Crippen LogP contribution in [0, 0.1) is 28.6 Å². The molecular weight excluding hydrogens is 356 g/mol. The summed E-state index contributed by atoms with van der Waals surface area (Å²) in [6, 6.07) is -0.229. The normalized spacial score (nSPS) is 49.9. The van der Waals surface area contributed by atoms with Gasteiger partial charge < -0.3 is 15.5 Å². The van der Waals surface area contributed by atoms with Crippen LogP contribution in [0.5, 0.6) is 0 Å². The molecule has 2 amide bonds. The third-order valence-corrected chi connectivity index (χ3v) is 9.11. The fraction of sp³-hybridized carbons (Fsp3) is 0.864. The molecule has 0 aromatic carbocycles. The van der Waals surface area contributed by atoms with Gasteiger partial charge in [0.05, 0.1) is 19.3 Å². The maximum Gasteiger partial charge on any atom is 0.341 e. The molecule has 1 spiro atoms. The van der Waals surface area contributed by atoms with Gasteiger partial charge in [-0.25, -0.2) is 9.86 Å². The standard InChI is InChI=1S/C22H36N2O4/c1-13-14-11-15(25)17-20(2)8-6-9-21(3,23-19(27)24(4)28-5)16(20)7-10-22(17,12-14)18(13)26/h14-18,25-26H,1,6-12H2,2-5H3,(H,23,27)/t14-,15+,16+,17+,18-,20-,21-,22-/m1/s1. The minimum atomic E-state index is -0.514. The number of aliphatic hydroxyl groups is 2. The van der Waals surface area contributed by atoms with Gasteiger partial charge in [0.1, 0.15) is 0 Å². The first-order chi connectivity index (χ1) is 13.1. The van der Waals surface area contributed by atoms with Gasteiger partial charge in [0.25, 0.3) is 0 Å². The Morgan fingerprint density at radius 3 is 2.68 bits per heavy atom. The summed E-state index contributed by atoms with van der Waals surface area (Å²) in [5.41, 5.74) is 0.198. The zero-order valence-electron chi connectivity index (χ0n) is 17.7. The largest absolute Gasteiger partial charge is 0.393 e. The molecule has 0 radical (unpaired) electrons. The van der Waals surface area contributed by atoms with E-state index in [0.29, 0.717) is 6.42 Å². The number of carbonyl (C=O) groups excluding carboxylic acids is 1. The topological polar surface area (TPSA) is 82.0 Å². The van der Waals surface area contributed by atoms with Crippen molar-refractivity contribution < 1.29 is 19.8 Å². The Bertz CT molecular complexity index is 683. The zero-order valence-corrected chi connectivity index (χ0v) is 17.7. The van der Waals surface area contributed by atoms with Gasteiger partial charge in [0.15, 0.2) is 0 Å². The van der Waals surface area contributed by atoms with E-state index in [9.17, 15) is 15.0 Å². The molecule has 4 rings (SSSR count). The van der Waals surface area contributed by atoms with Crippen molar-refractivity contribution in [2.45, 2.75) is 76.5 Å². The third kappa shape index (κ3) is 2.53. The molecule has 0 unspecified atom stereocenters. The molecule has 158 valence electrons. The molecule has 0 aliphatic heterocycles. The van der Waals surface area contributed by atoms with Gasteiger partial charge >= 0.3 is 6.03 Å². The van der Waals surface area contributed by atoms with Crippen molar-refractivity contribution in [2.24, 2.45) is 28.6 Å². The molecule has 0 aromatic rings. The molecule has 0 saturated heterocycles. The Labute approximate surface area is 168 Å². The van der Waals surface area contributed by atoms with Crippen LogP contribution in [0.15, 0.2) is 12.2 Å². The minimum Gasteiger partial charge on any atom is -0.393 e. The van der Waals surface area contributed by atoms with Gasteiger partial charge in [0, 0.05) is 18.0 Å². The van der Waals surface area contributed by atoms with E-state index in [4.69, 9.17) is 4.84 Å². The van der Waals surface area contributed by atoms with E-state index < -0.39 is 12.2 Å². The highest BCUT2D eigenvalue weighted by molar-refractivity contribution is 5.73. The van der Waals surface area contributed by atoms with E-state index in [-0.39, 0.29) is 40.2 Å². The number of urea groups is 1. The lowest BCUT2D eigenvalue weighted by molar-refractivity contribution is -0.196. The van der Waals surface area contributed by atoms with E-state index >= 15 is 0 Å². The van der Waals surface area contributed by atoms with Crippen molar-refractivity contribution in [1.82, 2.24) is 10.4 Å². The summed E-state index contributed by atoms with van der Waals surface area (Å²) in [7, 11) is 3.10. The molecule has 8 atom stereocenters. The molecule has 4 aliphatic rings. The number of rotatable bonds is 2. The van der Waals surface area contributed by atoms with E-state index in [2.05, 4.69) is 25.7 Å². The van der Waals surface area contributed by atoms with Gasteiger partial charge in [0.2, 0.25) is 0 Å². The summed E-state index contributed by atoms with van der Waals surface area (Å²) < 4.78 is 0. The Morgan fingerprint density at radius 1 is 1.29 bits per heavy atom. The molecule has 4 fully saturated rings. The summed E-state index contributed by atoms with van der Waals surface area (Å²) in [6.45, 7) is 8.63. The lowest BCUT2D eigenvalue weighted by atomic mass is 9.41. The van der Waals surface area contributed by atoms with E-state index in [1.807, 2.05) is 0 Å². The van der Waals surface area contributed by atoms with Crippen LogP contribution in [0.4, 0.5) is 4.79 Å². The maximum absolute atomic E-state index is 12.6. The summed E-state index contributed by atoms with van der Waals surface area (Å²) in [6.07, 6.45) is 5.51. The number of amides is 2. The number of carbonyl (C=O) groups is 1. The number of hydrogen-bond acceptors (Lipinski definition) is 4. The van der Waals surface area contributed by atoms with Crippen LogP contribution in [0.25, 0.3) is 0 Å². The summed E-state index contributed by atoms with van der Waals surface area (Å²) in [4.78, 5) is 17.6. The number of fused-ring (bicyclic) bond motifs is 3. The van der Waals surface area contributed by atoms with Crippen molar-refractivity contribution in [3.8, 4) is 0 Å². The fourth-order valence-electron chi connectivity index (χ4n) is 8.03. The smallest absolute Gasteiger partial charge is 0.341 e. The Morgan fingerprint density at radius 2 is 2.00 bits per heavy atom. The summed E-state index contributed by atoms with van der Waals surface area (Å²) >= 11 is 0. The zero-order chi connectivity index (χ0) is 20.5. The third-order valence-electron chi connectivity index (χ3n) is 9.11. The van der Waals surface area contributed by atoms with Crippen LogP contribution >= 0.6 is 0 Å². The average Bonchev–Trinajstić information content (AvgIpc) is 2.81. The molecule has 0 aromatic heterocycles. The molecule has 4 saturated carbocycles. The minimum absolute atomic E-state index is 0.0425. The highest BCUT2D eigenvalue weighted by Gasteiger charge is 2.69. The molecule has 0 heterocycles. The van der Waals surface area contributed by atoms with Crippen LogP contribution in [0.3, 0.4) is 0 Å². The molecule has 3 N–H and O–H groups in total. The second kappa shape index (κ2) is 6.44.